The molecule has 0 saturated carbocycles. The van der Waals surface area contributed by atoms with Gasteiger partial charge in [-0.15, -0.1) is 0 Å². The highest BCUT2D eigenvalue weighted by molar-refractivity contribution is 7.99. The SMILES string of the molecule is CC(CCO)SCc1cccc([N+](=O)[O-])c1. The molecular formula is C11H15NO3S. The van der Waals surface area contributed by atoms with Crippen molar-refractivity contribution in [2.75, 3.05) is 6.61 Å². The standard InChI is InChI=1S/C11H15NO3S/c1-9(5-6-13)16-8-10-3-2-4-11(7-10)12(14)15/h2-4,7,9,13H,5-6,8H2,1H3. The molecule has 1 N–H and O–H groups in total. The Balaban J connectivity index is 2.54. The van der Waals surface area contributed by atoms with Crippen LogP contribution < -0.4 is 0 Å². The minimum absolute atomic E-state index is 0.132. The Morgan fingerprint density at radius 2 is 2.31 bits per heavy atom. The molecule has 0 aliphatic carbocycles. The number of nitro benzene ring substituents is 1. The van der Waals surface area contributed by atoms with Gasteiger partial charge in [0.15, 0.2) is 0 Å². The summed E-state index contributed by atoms with van der Waals surface area (Å²) in [5, 5.41) is 19.7. The van der Waals surface area contributed by atoms with Gasteiger partial charge in [-0.25, -0.2) is 0 Å². The molecule has 1 unspecified atom stereocenters. The monoisotopic (exact) mass is 241 g/mol. The number of aliphatic hydroxyl groups excluding tert-OH is 1. The molecule has 1 aromatic rings. The van der Waals surface area contributed by atoms with Crippen molar-refractivity contribution in [1.29, 1.82) is 0 Å². The largest absolute Gasteiger partial charge is 0.396 e. The van der Waals surface area contributed by atoms with Crippen molar-refractivity contribution in [3.8, 4) is 0 Å². The molecule has 1 rings (SSSR count). The Morgan fingerprint density at radius 3 is 2.94 bits per heavy atom. The smallest absolute Gasteiger partial charge is 0.269 e. The zero-order valence-electron chi connectivity index (χ0n) is 9.13. The van der Waals surface area contributed by atoms with Gasteiger partial charge >= 0.3 is 0 Å². The second kappa shape index (κ2) is 6.50. The van der Waals surface area contributed by atoms with Crippen LogP contribution in [0.4, 0.5) is 5.69 Å². The number of rotatable bonds is 6. The summed E-state index contributed by atoms with van der Waals surface area (Å²) >= 11 is 1.69. The van der Waals surface area contributed by atoms with Gasteiger partial charge in [-0.05, 0) is 12.0 Å². The molecule has 1 aromatic carbocycles. The number of benzene rings is 1. The van der Waals surface area contributed by atoms with Crippen molar-refractivity contribution < 1.29 is 10.0 Å². The summed E-state index contributed by atoms with van der Waals surface area (Å²) in [5.74, 6) is 0.739. The molecule has 16 heavy (non-hydrogen) atoms. The lowest BCUT2D eigenvalue weighted by molar-refractivity contribution is -0.384. The van der Waals surface area contributed by atoms with Crippen LogP contribution in [-0.4, -0.2) is 21.9 Å². The van der Waals surface area contributed by atoms with E-state index in [1.165, 1.54) is 6.07 Å². The maximum absolute atomic E-state index is 10.6. The maximum atomic E-state index is 10.6. The van der Waals surface area contributed by atoms with E-state index in [-0.39, 0.29) is 17.2 Å². The summed E-state index contributed by atoms with van der Waals surface area (Å²) in [4.78, 5) is 10.2. The molecule has 0 fully saturated rings. The maximum Gasteiger partial charge on any atom is 0.269 e. The minimum atomic E-state index is -0.384. The lowest BCUT2D eigenvalue weighted by Gasteiger charge is -2.08. The van der Waals surface area contributed by atoms with Crippen LogP contribution in [0.1, 0.15) is 18.9 Å². The third kappa shape index (κ3) is 4.20. The quantitative estimate of drug-likeness (QED) is 0.614. The highest BCUT2D eigenvalue weighted by Gasteiger charge is 2.07. The Labute approximate surface area is 98.8 Å². The number of thioether (sulfide) groups is 1. The number of nitrogens with zero attached hydrogens (tertiary/aromatic N) is 1. The molecular weight excluding hydrogens is 226 g/mol. The molecule has 0 spiro atoms. The van der Waals surface area contributed by atoms with Gasteiger partial charge in [0.05, 0.1) is 4.92 Å². The average Bonchev–Trinajstić information content (AvgIpc) is 2.27. The van der Waals surface area contributed by atoms with Crippen LogP contribution in [0.3, 0.4) is 0 Å². The van der Waals surface area contributed by atoms with E-state index in [2.05, 4.69) is 0 Å². The van der Waals surface area contributed by atoms with Crippen LogP contribution in [0, 0.1) is 10.1 Å². The van der Waals surface area contributed by atoms with Gasteiger partial charge in [-0.1, -0.05) is 19.1 Å². The van der Waals surface area contributed by atoms with Crippen LogP contribution in [0.2, 0.25) is 0 Å². The fraction of sp³-hybridized carbons (Fsp3) is 0.455. The normalized spacial score (nSPS) is 12.4. The molecule has 0 amide bonds. The Kier molecular flexibility index (Phi) is 5.28. The summed E-state index contributed by atoms with van der Waals surface area (Å²) in [7, 11) is 0. The minimum Gasteiger partial charge on any atom is -0.396 e. The first-order valence-electron chi connectivity index (χ1n) is 5.09. The summed E-state index contributed by atoms with van der Waals surface area (Å²) in [5.41, 5.74) is 1.08. The molecule has 88 valence electrons. The van der Waals surface area contributed by atoms with Gasteiger partial charge in [0, 0.05) is 29.7 Å². The highest BCUT2D eigenvalue weighted by Crippen LogP contribution is 2.22. The van der Waals surface area contributed by atoms with Gasteiger partial charge in [-0.2, -0.15) is 11.8 Å². The summed E-state index contributed by atoms with van der Waals surface area (Å²) in [6.07, 6.45) is 0.750. The number of aliphatic hydroxyl groups is 1. The predicted molar refractivity (Wildman–Crippen MR) is 65.6 cm³/mol. The Hall–Kier alpha value is -1.07. The van der Waals surface area contributed by atoms with E-state index >= 15 is 0 Å². The van der Waals surface area contributed by atoms with Crippen molar-refractivity contribution in [1.82, 2.24) is 0 Å². The summed E-state index contributed by atoms with van der Waals surface area (Å²) in [6, 6.07) is 6.67. The van der Waals surface area contributed by atoms with Gasteiger partial charge < -0.3 is 5.11 Å². The van der Waals surface area contributed by atoms with Gasteiger partial charge in [-0.3, -0.25) is 10.1 Å². The third-order valence-electron chi connectivity index (χ3n) is 2.19. The van der Waals surface area contributed by atoms with Gasteiger partial charge in [0.2, 0.25) is 0 Å². The van der Waals surface area contributed by atoms with Crippen LogP contribution in [0.25, 0.3) is 0 Å². The van der Waals surface area contributed by atoms with Crippen molar-refractivity contribution in [3.05, 3.63) is 39.9 Å². The Bertz CT molecular complexity index is 357. The van der Waals surface area contributed by atoms with Gasteiger partial charge in [0.25, 0.3) is 5.69 Å². The first-order valence-corrected chi connectivity index (χ1v) is 6.14. The van der Waals surface area contributed by atoms with E-state index in [4.69, 9.17) is 5.11 Å². The molecule has 1 atom stereocenters. The van der Waals surface area contributed by atoms with E-state index < -0.39 is 0 Å². The molecule has 4 nitrogen and oxygen atoms in total. The van der Waals surface area contributed by atoms with Crippen molar-refractivity contribution in [2.24, 2.45) is 0 Å². The van der Waals surface area contributed by atoms with E-state index in [0.717, 1.165) is 17.7 Å². The van der Waals surface area contributed by atoms with Crippen LogP contribution in [0.5, 0.6) is 0 Å². The summed E-state index contributed by atoms with van der Waals surface area (Å²) in [6.45, 7) is 2.22. The number of hydrogen-bond acceptors (Lipinski definition) is 4. The second-order valence-electron chi connectivity index (χ2n) is 3.56. The van der Waals surface area contributed by atoms with Crippen molar-refractivity contribution in [2.45, 2.75) is 24.3 Å². The predicted octanol–water partition coefficient (Wildman–Crippen LogP) is 2.60. The fourth-order valence-electron chi connectivity index (χ4n) is 1.26. The van der Waals surface area contributed by atoms with Crippen molar-refractivity contribution >= 4 is 17.4 Å². The van der Waals surface area contributed by atoms with Crippen LogP contribution in [0.15, 0.2) is 24.3 Å². The molecule has 5 heteroatoms. The van der Waals surface area contributed by atoms with Crippen molar-refractivity contribution in [3.63, 3.8) is 0 Å². The topological polar surface area (TPSA) is 63.4 Å². The molecule has 0 aromatic heterocycles. The lowest BCUT2D eigenvalue weighted by atomic mass is 10.2. The van der Waals surface area contributed by atoms with Crippen LogP contribution >= 0.6 is 11.8 Å². The first kappa shape index (κ1) is 13.0. The molecule has 0 heterocycles. The van der Waals surface area contributed by atoms with Gasteiger partial charge in [0.1, 0.15) is 0 Å². The molecule has 0 bridgehead atoms. The zero-order valence-corrected chi connectivity index (χ0v) is 9.94. The number of non-ortho nitro benzene ring substituents is 1. The summed E-state index contributed by atoms with van der Waals surface area (Å²) < 4.78 is 0. The lowest BCUT2D eigenvalue weighted by Crippen LogP contribution is -2.00. The third-order valence-corrected chi connectivity index (χ3v) is 3.50. The number of nitro groups is 1. The van der Waals surface area contributed by atoms with E-state index in [9.17, 15) is 10.1 Å². The molecule has 0 saturated heterocycles. The first-order chi connectivity index (χ1) is 7.63. The highest BCUT2D eigenvalue weighted by atomic mass is 32.2. The van der Waals surface area contributed by atoms with E-state index in [1.807, 2.05) is 13.0 Å². The second-order valence-corrected chi connectivity index (χ2v) is 4.99. The Morgan fingerprint density at radius 1 is 1.56 bits per heavy atom. The molecule has 0 aliphatic rings. The van der Waals surface area contributed by atoms with E-state index in [0.29, 0.717) is 5.25 Å². The van der Waals surface area contributed by atoms with E-state index in [1.54, 1.807) is 23.9 Å². The fourth-order valence-corrected chi connectivity index (χ4v) is 2.19. The number of hydrogen-bond donors (Lipinski definition) is 1. The van der Waals surface area contributed by atoms with Crippen LogP contribution in [-0.2, 0) is 5.75 Å². The average molecular weight is 241 g/mol. The zero-order chi connectivity index (χ0) is 12.0. The molecule has 0 aliphatic heterocycles. The molecule has 0 radical (unpaired) electrons.